The highest BCUT2D eigenvalue weighted by molar-refractivity contribution is 5.88. The van der Waals surface area contributed by atoms with Gasteiger partial charge in [-0.1, -0.05) is 49.6 Å². The van der Waals surface area contributed by atoms with Crippen molar-refractivity contribution in [3.63, 3.8) is 0 Å². The zero-order valence-electron chi connectivity index (χ0n) is 19.2. The summed E-state index contributed by atoms with van der Waals surface area (Å²) in [5.41, 5.74) is 2.32. The first-order valence-electron chi connectivity index (χ1n) is 11.4. The minimum absolute atomic E-state index is 0.000912. The summed E-state index contributed by atoms with van der Waals surface area (Å²) in [5, 5.41) is 3.08. The van der Waals surface area contributed by atoms with E-state index in [-0.39, 0.29) is 31.0 Å². The Hall–Kier alpha value is -2.89. The second-order valence-corrected chi connectivity index (χ2v) is 8.69. The maximum absolute atomic E-state index is 14.3. The molecule has 3 rings (SSSR count). The number of benzene rings is 2. The molecule has 5 nitrogen and oxygen atoms in total. The molecule has 2 aromatic rings. The Labute approximate surface area is 190 Å². The summed E-state index contributed by atoms with van der Waals surface area (Å²) >= 11 is 0. The smallest absolute Gasteiger partial charge is 0.261 e. The number of amides is 2. The molecule has 172 valence electrons. The molecule has 0 aromatic heterocycles. The van der Waals surface area contributed by atoms with Gasteiger partial charge in [-0.15, -0.1) is 0 Å². The molecule has 0 unspecified atom stereocenters. The summed E-state index contributed by atoms with van der Waals surface area (Å²) in [6.07, 6.45) is 5.29. The van der Waals surface area contributed by atoms with E-state index in [4.69, 9.17) is 4.74 Å². The molecule has 1 aliphatic rings. The molecule has 1 aliphatic carbocycles. The van der Waals surface area contributed by atoms with Gasteiger partial charge in [-0.05, 0) is 56.9 Å². The van der Waals surface area contributed by atoms with Gasteiger partial charge in [-0.3, -0.25) is 9.59 Å². The fourth-order valence-electron chi connectivity index (χ4n) is 4.05. The van der Waals surface area contributed by atoms with Crippen LogP contribution in [0.25, 0.3) is 0 Å². The minimum Gasteiger partial charge on any atom is -0.483 e. The standard InChI is InChI=1S/C26H33FN2O3/c1-18-13-14-19(2)24(15-18)32-17-25(30)29(16-21-9-7-8-12-23(21)27)20(3)26(31)28-22-10-5-4-6-11-22/h7-9,12-15,20,22H,4-6,10-11,16-17H2,1-3H3,(H,28,31)/t20-/m0/s1. The molecule has 0 heterocycles. The number of aryl methyl sites for hydroxylation is 2. The van der Waals surface area contributed by atoms with Gasteiger partial charge in [-0.2, -0.15) is 0 Å². The number of carbonyl (C=O) groups is 2. The number of nitrogens with one attached hydrogen (secondary N) is 1. The Balaban J connectivity index is 1.74. The molecule has 0 spiro atoms. The molecule has 0 aliphatic heterocycles. The summed E-state index contributed by atoms with van der Waals surface area (Å²) in [5.74, 6) is -0.349. The van der Waals surface area contributed by atoms with Gasteiger partial charge in [0.15, 0.2) is 6.61 Å². The fourth-order valence-corrected chi connectivity index (χ4v) is 4.05. The highest BCUT2D eigenvalue weighted by atomic mass is 19.1. The van der Waals surface area contributed by atoms with Gasteiger partial charge in [0.1, 0.15) is 17.6 Å². The largest absolute Gasteiger partial charge is 0.483 e. The highest BCUT2D eigenvalue weighted by Crippen LogP contribution is 2.21. The first kappa shape index (κ1) is 23.8. The van der Waals surface area contributed by atoms with Crippen LogP contribution in [-0.2, 0) is 16.1 Å². The van der Waals surface area contributed by atoms with Gasteiger partial charge in [0.05, 0.1) is 0 Å². The maximum atomic E-state index is 14.3. The maximum Gasteiger partial charge on any atom is 0.261 e. The second kappa shape index (κ2) is 11.1. The summed E-state index contributed by atoms with van der Waals surface area (Å²) < 4.78 is 20.1. The van der Waals surface area contributed by atoms with E-state index < -0.39 is 11.9 Å². The third-order valence-corrected chi connectivity index (χ3v) is 6.11. The number of rotatable bonds is 8. The Bertz CT molecular complexity index is 940. The van der Waals surface area contributed by atoms with E-state index in [2.05, 4.69) is 5.32 Å². The molecule has 2 aromatic carbocycles. The van der Waals surface area contributed by atoms with Crippen LogP contribution in [0.15, 0.2) is 42.5 Å². The molecule has 6 heteroatoms. The summed E-state index contributed by atoms with van der Waals surface area (Å²) in [6.45, 7) is 5.34. The van der Waals surface area contributed by atoms with Crippen LogP contribution in [0.3, 0.4) is 0 Å². The van der Waals surface area contributed by atoms with E-state index in [1.807, 2.05) is 32.0 Å². The van der Waals surface area contributed by atoms with Crippen molar-refractivity contribution in [1.82, 2.24) is 10.2 Å². The first-order valence-corrected chi connectivity index (χ1v) is 11.4. The molecule has 0 saturated heterocycles. The molecule has 2 amide bonds. The van der Waals surface area contributed by atoms with Crippen LogP contribution in [0.1, 0.15) is 55.7 Å². The molecule has 1 fully saturated rings. The van der Waals surface area contributed by atoms with Crippen molar-refractivity contribution in [2.24, 2.45) is 0 Å². The lowest BCUT2D eigenvalue weighted by molar-refractivity contribution is -0.142. The monoisotopic (exact) mass is 440 g/mol. The SMILES string of the molecule is Cc1ccc(C)c(OCC(=O)N(Cc2ccccc2F)[C@@H](C)C(=O)NC2CCCCC2)c1. The van der Waals surface area contributed by atoms with E-state index in [9.17, 15) is 14.0 Å². The Kier molecular flexibility index (Phi) is 8.26. The van der Waals surface area contributed by atoms with E-state index in [1.165, 1.54) is 17.4 Å². The van der Waals surface area contributed by atoms with E-state index >= 15 is 0 Å². The van der Waals surface area contributed by atoms with Crippen molar-refractivity contribution in [3.05, 3.63) is 65.0 Å². The normalized spacial score (nSPS) is 15.1. The predicted molar refractivity (Wildman–Crippen MR) is 123 cm³/mol. The van der Waals surface area contributed by atoms with Crippen molar-refractivity contribution in [3.8, 4) is 5.75 Å². The van der Waals surface area contributed by atoms with E-state index in [0.717, 1.165) is 36.8 Å². The summed E-state index contributed by atoms with van der Waals surface area (Å²) in [7, 11) is 0. The Morgan fingerprint density at radius 1 is 1.12 bits per heavy atom. The lowest BCUT2D eigenvalue weighted by Crippen LogP contribution is -2.51. The quantitative estimate of drug-likeness (QED) is 0.648. The Morgan fingerprint density at radius 2 is 1.84 bits per heavy atom. The molecule has 1 saturated carbocycles. The van der Waals surface area contributed by atoms with Gasteiger partial charge in [-0.25, -0.2) is 4.39 Å². The third-order valence-electron chi connectivity index (χ3n) is 6.11. The number of ether oxygens (including phenoxy) is 1. The predicted octanol–water partition coefficient (Wildman–Crippen LogP) is 4.69. The fraction of sp³-hybridized carbons (Fsp3) is 0.462. The molecular formula is C26H33FN2O3. The van der Waals surface area contributed by atoms with Crippen molar-refractivity contribution < 1.29 is 18.7 Å². The average Bonchev–Trinajstić information content (AvgIpc) is 2.79. The number of carbonyl (C=O) groups excluding carboxylic acids is 2. The average molecular weight is 441 g/mol. The molecular weight excluding hydrogens is 407 g/mol. The first-order chi connectivity index (χ1) is 15.3. The van der Waals surface area contributed by atoms with Crippen molar-refractivity contribution in [1.29, 1.82) is 0 Å². The number of nitrogens with zero attached hydrogens (tertiary/aromatic N) is 1. The number of halogens is 1. The van der Waals surface area contributed by atoms with Crippen LogP contribution in [0.4, 0.5) is 4.39 Å². The number of hydrogen-bond donors (Lipinski definition) is 1. The van der Waals surface area contributed by atoms with Crippen LogP contribution >= 0.6 is 0 Å². The third kappa shape index (κ3) is 6.31. The van der Waals surface area contributed by atoms with Crippen LogP contribution < -0.4 is 10.1 Å². The highest BCUT2D eigenvalue weighted by Gasteiger charge is 2.29. The zero-order valence-corrected chi connectivity index (χ0v) is 19.2. The van der Waals surface area contributed by atoms with Crippen molar-refractivity contribution in [2.75, 3.05) is 6.61 Å². The van der Waals surface area contributed by atoms with Crippen LogP contribution in [0.2, 0.25) is 0 Å². The lowest BCUT2D eigenvalue weighted by atomic mass is 9.95. The number of hydrogen-bond acceptors (Lipinski definition) is 3. The van der Waals surface area contributed by atoms with Gasteiger partial charge in [0.25, 0.3) is 5.91 Å². The zero-order chi connectivity index (χ0) is 23.1. The molecule has 32 heavy (non-hydrogen) atoms. The molecule has 1 atom stereocenters. The van der Waals surface area contributed by atoms with Crippen LogP contribution in [-0.4, -0.2) is 35.4 Å². The minimum atomic E-state index is -0.744. The molecule has 0 radical (unpaired) electrons. The topological polar surface area (TPSA) is 58.6 Å². The summed E-state index contributed by atoms with van der Waals surface area (Å²) in [6, 6.07) is 11.5. The van der Waals surface area contributed by atoms with Gasteiger partial charge in [0, 0.05) is 18.2 Å². The van der Waals surface area contributed by atoms with Gasteiger partial charge < -0.3 is 15.0 Å². The van der Waals surface area contributed by atoms with Crippen LogP contribution in [0, 0.1) is 19.7 Å². The van der Waals surface area contributed by atoms with Crippen molar-refractivity contribution >= 4 is 11.8 Å². The van der Waals surface area contributed by atoms with Crippen LogP contribution in [0.5, 0.6) is 5.75 Å². The van der Waals surface area contributed by atoms with Gasteiger partial charge >= 0.3 is 0 Å². The summed E-state index contributed by atoms with van der Waals surface area (Å²) in [4.78, 5) is 27.5. The van der Waals surface area contributed by atoms with E-state index in [0.29, 0.717) is 11.3 Å². The molecule has 0 bridgehead atoms. The lowest BCUT2D eigenvalue weighted by Gasteiger charge is -2.31. The Morgan fingerprint density at radius 3 is 2.56 bits per heavy atom. The molecule has 1 N–H and O–H groups in total. The second-order valence-electron chi connectivity index (χ2n) is 8.69. The van der Waals surface area contributed by atoms with Gasteiger partial charge in [0.2, 0.25) is 5.91 Å². The van der Waals surface area contributed by atoms with E-state index in [1.54, 1.807) is 25.1 Å². The van der Waals surface area contributed by atoms with Crippen molar-refractivity contribution in [2.45, 2.75) is 71.5 Å².